The summed E-state index contributed by atoms with van der Waals surface area (Å²) in [5, 5.41) is 3.34. The van der Waals surface area contributed by atoms with Gasteiger partial charge in [0.25, 0.3) is 5.91 Å². The van der Waals surface area contributed by atoms with Crippen LogP contribution in [0.15, 0.2) is 53.4 Å². The van der Waals surface area contributed by atoms with Crippen LogP contribution in [0.2, 0.25) is 5.02 Å². The number of anilines is 1. The molecule has 0 aromatic heterocycles. The fraction of sp³-hybridized carbons (Fsp3) is 0.316. The third-order valence-corrected chi connectivity index (χ3v) is 6.76. The molecule has 0 aliphatic carbocycles. The minimum absolute atomic E-state index is 0.218. The topological polar surface area (TPSA) is 66.5 Å². The zero-order valence-electron chi connectivity index (χ0n) is 14.5. The normalized spacial score (nSPS) is 16.4. The van der Waals surface area contributed by atoms with Crippen molar-refractivity contribution in [1.29, 1.82) is 0 Å². The second kappa shape index (κ2) is 7.78. The number of piperidine rings is 1. The lowest BCUT2D eigenvalue weighted by Crippen LogP contribution is -2.37. The number of sulfonamides is 1. The molecule has 2 aromatic carbocycles. The minimum atomic E-state index is -3.50. The van der Waals surface area contributed by atoms with Crippen LogP contribution in [-0.2, 0) is 10.0 Å². The molecular formula is C19H21ClN2O3S. The lowest BCUT2D eigenvalue weighted by molar-refractivity contribution is 0.102. The summed E-state index contributed by atoms with van der Waals surface area (Å²) in [6, 6.07) is 12.8. The highest BCUT2D eigenvalue weighted by molar-refractivity contribution is 7.89. The molecular weight excluding hydrogens is 372 g/mol. The van der Waals surface area contributed by atoms with E-state index in [0.717, 1.165) is 12.8 Å². The van der Waals surface area contributed by atoms with Gasteiger partial charge in [0.15, 0.2) is 0 Å². The standard InChI is InChI=1S/C19H21ClN2O3S/c1-14-10-12-22(13-11-14)26(24,25)18-8-2-15(3-9-18)19(23)21-17-6-4-16(20)5-7-17/h2-9,14H,10-13H2,1H3,(H,21,23). The average Bonchev–Trinajstić information content (AvgIpc) is 2.64. The van der Waals surface area contributed by atoms with Gasteiger partial charge in [0, 0.05) is 29.4 Å². The molecule has 1 N–H and O–H groups in total. The van der Waals surface area contributed by atoms with E-state index >= 15 is 0 Å². The number of hydrogen-bond donors (Lipinski definition) is 1. The van der Waals surface area contributed by atoms with E-state index in [9.17, 15) is 13.2 Å². The Bertz CT molecular complexity index is 872. The fourth-order valence-electron chi connectivity index (χ4n) is 2.89. The molecule has 1 heterocycles. The SMILES string of the molecule is CC1CCN(S(=O)(=O)c2ccc(C(=O)Nc3ccc(Cl)cc3)cc2)CC1. The second-order valence-corrected chi connectivity index (χ2v) is 8.95. The predicted molar refractivity (Wildman–Crippen MR) is 103 cm³/mol. The summed E-state index contributed by atoms with van der Waals surface area (Å²) in [4.78, 5) is 12.5. The molecule has 0 saturated carbocycles. The number of rotatable bonds is 4. The number of nitrogens with zero attached hydrogens (tertiary/aromatic N) is 1. The van der Waals surface area contributed by atoms with Crippen LogP contribution in [0.3, 0.4) is 0 Å². The van der Waals surface area contributed by atoms with Gasteiger partial charge < -0.3 is 5.32 Å². The maximum Gasteiger partial charge on any atom is 0.255 e. The first-order valence-electron chi connectivity index (χ1n) is 8.53. The van der Waals surface area contributed by atoms with E-state index in [1.54, 1.807) is 24.3 Å². The summed E-state index contributed by atoms with van der Waals surface area (Å²) in [6.45, 7) is 3.22. The molecule has 138 valence electrons. The second-order valence-electron chi connectivity index (χ2n) is 6.57. The Kier molecular flexibility index (Phi) is 5.65. The summed E-state index contributed by atoms with van der Waals surface area (Å²) < 4.78 is 26.9. The third kappa shape index (κ3) is 4.26. The molecule has 1 aliphatic heterocycles. The molecule has 0 radical (unpaired) electrons. The molecule has 1 fully saturated rings. The van der Waals surface area contributed by atoms with Crippen molar-refractivity contribution < 1.29 is 13.2 Å². The predicted octanol–water partition coefficient (Wildman–Crippen LogP) is 4.01. The van der Waals surface area contributed by atoms with Crippen molar-refractivity contribution in [3.63, 3.8) is 0 Å². The van der Waals surface area contributed by atoms with Gasteiger partial charge in [-0.2, -0.15) is 4.31 Å². The van der Waals surface area contributed by atoms with Gasteiger partial charge in [0.05, 0.1) is 4.90 Å². The molecule has 2 aromatic rings. The van der Waals surface area contributed by atoms with Crippen molar-refractivity contribution in [1.82, 2.24) is 4.31 Å². The molecule has 3 rings (SSSR count). The number of amides is 1. The number of carbonyl (C=O) groups excluding carboxylic acids is 1. The summed E-state index contributed by atoms with van der Waals surface area (Å²) in [7, 11) is -3.50. The summed E-state index contributed by atoms with van der Waals surface area (Å²) in [5.41, 5.74) is 1.02. The Hall–Kier alpha value is -1.89. The molecule has 1 amide bonds. The number of carbonyl (C=O) groups is 1. The molecule has 1 saturated heterocycles. The lowest BCUT2D eigenvalue weighted by atomic mass is 10.0. The van der Waals surface area contributed by atoms with Crippen molar-refractivity contribution in [3.05, 3.63) is 59.1 Å². The van der Waals surface area contributed by atoms with E-state index < -0.39 is 10.0 Å². The van der Waals surface area contributed by atoms with Crippen LogP contribution in [0.25, 0.3) is 0 Å². The van der Waals surface area contributed by atoms with E-state index in [0.29, 0.717) is 35.3 Å². The van der Waals surface area contributed by atoms with E-state index in [4.69, 9.17) is 11.6 Å². The Labute approximate surface area is 159 Å². The number of nitrogens with one attached hydrogen (secondary N) is 1. The van der Waals surface area contributed by atoms with Crippen LogP contribution in [0.1, 0.15) is 30.1 Å². The number of halogens is 1. The summed E-state index contributed by atoms with van der Waals surface area (Å²) >= 11 is 5.82. The molecule has 5 nitrogen and oxygen atoms in total. The molecule has 0 spiro atoms. The van der Waals surface area contributed by atoms with E-state index in [2.05, 4.69) is 12.2 Å². The summed E-state index contributed by atoms with van der Waals surface area (Å²) in [5.74, 6) is 0.253. The maximum atomic E-state index is 12.7. The molecule has 1 aliphatic rings. The van der Waals surface area contributed by atoms with E-state index in [1.807, 2.05) is 0 Å². The smallest absolute Gasteiger partial charge is 0.255 e. The highest BCUT2D eigenvalue weighted by atomic mass is 35.5. The minimum Gasteiger partial charge on any atom is -0.322 e. The lowest BCUT2D eigenvalue weighted by Gasteiger charge is -2.29. The maximum absolute atomic E-state index is 12.7. The monoisotopic (exact) mass is 392 g/mol. The van der Waals surface area contributed by atoms with Gasteiger partial charge in [-0.3, -0.25) is 4.79 Å². The summed E-state index contributed by atoms with van der Waals surface area (Å²) in [6.07, 6.45) is 1.75. The highest BCUT2D eigenvalue weighted by Gasteiger charge is 2.28. The first-order valence-corrected chi connectivity index (χ1v) is 10.4. The largest absolute Gasteiger partial charge is 0.322 e. The van der Waals surface area contributed by atoms with Crippen molar-refractivity contribution in [2.75, 3.05) is 18.4 Å². The zero-order chi connectivity index (χ0) is 18.7. The average molecular weight is 393 g/mol. The molecule has 0 unspecified atom stereocenters. The van der Waals surface area contributed by atoms with Crippen LogP contribution in [0.4, 0.5) is 5.69 Å². The first-order chi connectivity index (χ1) is 12.4. The van der Waals surface area contributed by atoms with Gasteiger partial charge in [-0.25, -0.2) is 8.42 Å². The van der Waals surface area contributed by atoms with Crippen LogP contribution in [0.5, 0.6) is 0 Å². The van der Waals surface area contributed by atoms with Gasteiger partial charge in [-0.15, -0.1) is 0 Å². The number of benzene rings is 2. The van der Waals surface area contributed by atoms with Crippen LogP contribution < -0.4 is 5.32 Å². The third-order valence-electron chi connectivity index (χ3n) is 4.60. The quantitative estimate of drug-likeness (QED) is 0.854. The van der Waals surface area contributed by atoms with Gasteiger partial charge >= 0.3 is 0 Å². The Morgan fingerprint density at radius 2 is 1.62 bits per heavy atom. The molecule has 0 bridgehead atoms. The Morgan fingerprint density at radius 1 is 1.04 bits per heavy atom. The van der Waals surface area contributed by atoms with Crippen LogP contribution >= 0.6 is 11.6 Å². The molecule has 0 atom stereocenters. The molecule has 26 heavy (non-hydrogen) atoms. The van der Waals surface area contributed by atoms with Gasteiger partial charge in [0.2, 0.25) is 10.0 Å². The Morgan fingerprint density at radius 3 is 2.19 bits per heavy atom. The highest BCUT2D eigenvalue weighted by Crippen LogP contribution is 2.24. The van der Waals surface area contributed by atoms with Crippen molar-refractivity contribution in [3.8, 4) is 0 Å². The first kappa shape index (κ1) is 18.9. The van der Waals surface area contributed by atoms with E-state index in [1.165, 1.54) is 28.6 Å². The van der Waals surface area contributed by atoms with Crippen molar-refractivity contribution >= 4 is 33.2 Å². The Balaban J connectivity index is 1.71. The number of hydrogen-bond acceptors (Lipinski definition) is 3. The van der Waals surface area contributed by atoms with Crippen molar-refractivity contribution in [2.45, 2.75) is 24.7 Å². The van der Waals surface area contributed by atoms with Gasteiger partial charge in [0.1, 0.15) is 0 Å². The zero-order valence-corrected chi connectivity index (χ0v) is 16.1. The van der Waals surface area contributed by atoms with Gasteiger partial charge in [-0.05, 0) is 67.3 Å². The fourth-order valence-corrected chi connectivity index (χ4v) is 4.48. The van der Waals surface area contributed by atoms with Gasteiger partial charge in [-0.1, -0.05) is 18.5 Å². The molecule has 7 heteroatoms. The van der Waals surface area contributed by atoms with Crippen LogP contribution in [-0.4, -0.2) is 31.7 Å². The van der Waals surface area contributed by atoms with Crippen LogP contribution in [0, 0.1) is 5.92 Å². The van der Waals surface area contributed by atoms with E-state index in [-0.39, 0.29) is 10.8 Å². The van der Waals surface area contributed by atoms with Crippen molar-refractivity contribution in [2.24, 2.45) is 5.92 Å².